The van der Waals surface area contributed by atoms with Gasteiger partial charge in [-0.25, -0.2) is 0 Å². The molecule has 0 heterocycles. The second-order valence-corrected chi connectivity index (χ2v) is 13.0. The number of alkyl halides is 5. The first-order chi connectivity index (χ1) is 15.7. The molecule has 188 valence electrons. The molecule has 0 radical (unpaired) electrons. The van der Waals surface area contributed by atoms with Crippen LogP contribution in [0.2, 0.25) is 0 Å². The van der Waals surface area contributed by atoms with Gasteiger partial charge in [-0.05, 0) is 70.4 Å². The van der Waals surface area contributed by atoms with Gasteiger partial charge in [-0.2, -0.15) is 13.2 Å². The lowest BCUT2D eigenvalue weighted by Gasteiger charge is -2.40. The maximum Gasteiger partial charge on any atom is 0.398 e. The normalized spacial score (nSPS) is 20.7. The van der Waals surface area contributed by atoms with E-state index in [2.05, 4.69) is 77.8 Å². The van der Waals surface area contributed by atoms with Gasteiger partial charge in [-0.1, -0.05) is 110 Å². The van der Waals surface area contributed by atoms with Crippen LogP contribution in [0.25, 0.3) is 11.1 Å². The lowest BCUT2D eigenvalue weighted by atomic mass is 9.64. The van der Waals surface area contributed by atoms with Crippen molar-refractivity contribution in [2.24, 2.45) is 11.8 Å². The molecule has 0 fully saturated rings. The minimum atomic E-state index is -4.33. The van der Waals surface area contributed by atoms with Crippen LogP contribution in [0, 0.1) is 11.8 Å². The molecule has 1 aliphatic carbocycles. The van der Waals surface area contributed by atoms with Gasteiger partial charge in [-0.3, -0.25) is 0 Å². The molecule has 0 aliphatic heterocycles. The van der Waals surface area contributed by atoms with Crippen LogP contribution in [0.5, 0.6) is 0 Å². The first kappa shape index (κ1) is 27.8. The lowest BCUT2D eigenvalue weighted by molar-refractivity contribution is -0.197. The molecule has 3 atom stereocenters. The summed E-state index contributed by atoms with van der Waals surface area (Å²) in [6.07, 6.45) is -2.56. The molecule has 3 unspecified atom stereocenters. The predicted molar refractivity (Wildman–Crippen MR) is 146 cm³/mol. The molecular weight excluding hydrogens is 565 g/mol. The zero-order valence-corrected chi connectivity index (χ0v) is 24.5. The molecule has 2 aromatic carbocycles. The fourth-order valence-electron chi connectivity index (χ4n) is 5.66. The highest BCUT2D eigenvalue weighted by atomic mass is 79.9. The number of halogens is 5. The monoisotopic (exact) mass is 600 g/mol. The van der Waals surface area contributed by atoms with Crippen molar-refractivity contribution in [2.45, 2.75) is 83.7 Å². The Labute approximate surface area is 220 Å². The zero-order chi connectivity index (χ0) is 25.7. The summed E-state index contributed by atoms with van der Waals surface area (Å²) in [5, 5.41) is 1.64. The quantitative estimate of drug-likeness (QED) is 0.277. The Morgan fingerprint density at radius 3 is 1.71 bits per heavy atom. The smallest absolute Gasteiger partial charge is 0.170 e. The van der Waals surface area contributed by atoms with Gasteiger partial charge in [0.15, 0.2) is 0 Å². The van der Waals surface area contributed by atoms with E-state index < -0.39 is 17.5 Å². The van der Waals surface area contributed by atoms with Crippen molar-refractivity contribution in [3.8, 4) is 11.1 Å². The van der Waals surface area contributed by atoms with Gasteiger partial charge < -0.3 is 0 Å². The Morgan fingerprint density at radius 2 is 1.29 bits per heavy atom. The first-order valence-corrected chi connectivity index (χ1v) is 14.4. The van der Waals surface area contributed by atoms with Gasteiger partial charge in [0.2, 0.25) is 0 Å². The van der Waals surface area contributed by atoms with Crippen molar-refractivity contribution in [3.63, 3.8) is 0 Å². The standard InChI is InChI=1S/C29H37Br2F3/c1-18(2)27(7,29(32,33)34)21-9-11-23-22-10-8-20(26(4,5)6)16-24(22)28(13-15-31,25(23)17-21)19(3)12-14-30/h8-11,16-19H,12-15H2,1-7H3. The zero-order valence-electron chi connectivity index (χ0n) is 21.3. The average Bonchev–Trinajstić information content (AvgIpc) is 3.01. The van der Waals surface area contributed by atoms with Gasteiger partial charge in [0.05, 0.1) is 5.41 Å². The third kappa shape index (κ3) is 4.31. The van der Waals surface area contributed by atoms with E-state index in [1.807, 2.05) is 12.1 Å². The number of hydrogen-bond donors (Lipinski definition) is 0. The van der Waals surface area contributed by atoms with Crippen molar-refractivity contribution in [3.05, 3.63) is 58.7 Å². The summed E-state index contributed by atoms with van der Waals surface area (Å²) in [5.74, 6) is -0.321. The second-order valence-electron chi connectivity index (χ2n) is 11.4. The van der Waals surface area contributed by atoms with Crippen LogP contribution in [0.15, 0.2) is 36.4 Å². The van der Waals surface area contributed by atoms with Crippen molar-refractivity contribution >= 4 is 31.9 Å². The summed E-state index contributed by atoms with van der Waals surface area (Å²) < 4.78 is 43.3. The van der Waals surface area contributed by atoms with E-state index in [9.17, 15) is 13.2 Å². The van der Waals surface area contributed by atoms with Crippen molar-refractivity contribution in [1.82, 2.24) is 0 Å². The first-order valence-electron chi connectivity index (χ1n) is 12.1. The predicted octanol–water partition coefficient (Wildman–Crippen LogP) is 9.93. The minimum Gasteiger partial charge on any atom is -0.170 e. The molecule has 0 amide bonds. The molecule has 2 aromatic rings. The second kappa shape index (κ2) is 9.57. The van der Waals surface area contributed by atoms with Crippen LogP contribution < -0.4 is 0 Å². The van der Waals surface area contributed by atoms with Crippen LogP contribution in [-0.2, 0) is 16.2 Å². The van der Waals surface area contributed by atoms with Gasteiger partial charge in [0.25, 0.3) is 0 Å². The van der Waals surface area contributed by atoms with E-state index in [4.69, 9.17) is 0 Å². The largest absolute Gasteiger partial charge is 0.398 e. The molecule has 0 nitrogen and oxygen atoms in total. The van der Waals surface area contributed by atoms with Gasteiger partial charge in [-0.15, -0.1) is 0 Å². The topological polar surface area (TPSA) is 0 Å². The highest BCUT2D eigenvalue weighted by molar-refractivity contribution is 9.09. The van der Waals surface area contributed by atoms with E-state index in [1.54, 1.807) is 19.9 Å². The maximum atomic E-state index is 14.4. The summed E-state index contributed by atoms with van der Waals surface area (Å²) in [6, 6.07) is 12.3. The summed E-state index contributed by atoms with van der Waals surface area (Å²) >= 11 is 7.33. The molecule has 0 aromatic heterocycles. The highest BCUT2D eigenvalue weighted by Gasteiger charge is 2.55. The molecule has 0 spiro atoms. The van der Waals surface area contributed by atoms with Crippen LogP contribution in [0.3, 0.4) is 0 Å². The molecular formula is C29H37Br2F3. The SMILES string of the molecule is CC(CCBr)C1(CCBr)c2cc(C(C)(C)C)ccc2-c2ccc(C(C)(C(C)C)C(F)(F)F)cc21. The molecule has 5 heteroatoms. The van der Waals surface area contributed by atoms with E-state index in [0.717, 1.165) is 40.2 Å². The molecule has 0 saturated carbocycles. The summed E-state index contributed by atoms with van der Waals surface area (Å²) in [7, 11) is 0. The molecule has 34 heavy (non-hydrogen) atoms. The maximum absolute atomic E-state index is 14.4. The van der Waals surface area contributed by atoms with E-state index in [0.29, 0.717) is 5.56 Å². The fourth-order valence-corrected chi connectivity index (χ4v) is 6.97. The van der Waals surface area contributed by atoms with Crippen LogP contribution in [0.1, 0.15) is 83.6 Å². The van der Waals surface area contributed by atoms with Crippen molar-refractivity contribution < 1.29 is 13.2 Å². The number of rotatable bonds is 7. The molecule has 0 N–H and O–H groups in total. The average molecular weight is 602 g/mol. The Balaban J connectivity index is 2.39. The Morgan fingerprint density at radius 1 is 0.794 bits per heavy atom. The summed E-state index contributed by atoms with van der Waals surface area (Å²) in [6.45, 7) is 13.6. The third-order valence-corrected chi connectivity index (χ3v) is 9.23. The summed E-state index contributed by atoms with van der Waals surface area (Å²) in [5.41, 5.74) is 3.90. The van der Waals surface area contributed by atoms with E-state index >= 15 is 0 Å². The number of hydrogen-bond acceptors (Lipinski definition) is 0. The van der Waals surface area contributed by atoms with Gasteiger partial charge >= 0.3 is 6.18 Å². The van der Waals surface area contributed by atoms with E-state index in [-0.39, 0.29) is 16.7 Å². The lowest BCUT2D eigenvalue weighted by Crippen LogP contribution is -2.44. The minimum absolute atomic E-state index is 0.0136. The van der Waals surface area contributed by atoms with Crippen LogP contribution >= 0.6 is 31.9 Å². The number of fused-ring (bicyclic) bond motifs is 3. The molecule has 1 aliphatic rings. The van der Waals surface area contributed by atoms with Crippen LogP contribution in [-0.4, -0.2) is 16.8 Å². The van der Waals surface area contributed by atoms with Gasteiger partial charge in [0, 0.05) is 16.1 Å². The van der Waals surface area contributed by atoms with Crippen molar-refractivity contribution in [1.29, 1.82) is 0 Å². The van der Waals surface area contributed by atoms with Crippen LogP contribution in [0.4, 0.5) is 13.2 Å². The fraction of sp³-hybridized carbons (Fsp3) is 0.586. The van der Waals surface area contributed by atoms with E-state index in [1.165, 1.54) is 18.1 Å². The van der Waals surface area contributed by atoms with Crippen molar-refractivity contribution in [2.75, 3.05) is 10.7 Å². The number of benzene rings is 2. The Hall–Kier alpha value is -0.810. The Bertz CT molecular complexity index is 1030. The highest BCUT2D eigenvalue weighted by Crippen LogP contribution is 2.58. The summed E-state index contributed by atoms with van der Waals surface area (Å²) in [4.78, 5) is 0. The molecule has 0 saturated heterocycles. The molecule has 0 bridgehead atoms. The third-order valence-electron chi connectivity index (χ3n) is 8.37. The molecule has 3 rings (SSSR count). The van der Waals surface area contributed by atoms with Gasteiger partial charge in [0.1, 0.15) is 0 Å². The Kier molecular flexibility index (Phi) is 7.82.